The third-order valence-electron chi connectivity index (χ3n) is 1.34. The van der Waals surface area contributed by atoms with Crippen LogP contribution in [0.3, 0.4) is 0 Å². The Morgan fingerprint density at radius 2 is 0.812 bits per heavy atom. The maximum atomic E-state index is 10.4. The molecule has 0 aromatic carbocycles. The first-order valence-corrected chi connectivity index (χ1v) is 8.47. The molecule has 0 heterocycles. The topological polar surface area (TPSA) is 163 Å². The molecule has 0 atom stereocenters. The van der Waals surface area contributed by atoms with Crippen LogP contribution in [0.4, 0.5) is 0 Å². The molecule has 0 bridgehead atoms. The van der Waals surface area contributed by atoms with Crippen LogP contribution in [0.5, 0.6) is 0 Å². The Morgan fingerprint density at radius 3 is 0.938 bits per heavy atom. The highest BCUT2D eigenvalue weighted by atomic mass is 32.2. The predicted molar refractivity (Wildman–Crippen MR) is 52.7 cm³/mol. The second-order valence-electron chi connectivity index (χ2n) is 3.11. The Hall–Kier alpha value is -0.270. The molecule has 0 radical (unpaired) electrons. The van der Waals surface area contributed by atoms with Gasteiger partial charge in [-0.05, 0) is 0 Å². The van der Waals surface area contributed by atoms with E-state index in [-0.39, 0.29) is 0 Å². The van der Waals surface area contributed by atoms with Crippen LogP contribution in [-0.2, 0) is 30.4 Å². The van der Waals surface area contributed by atoms with Gasteiger partial charge >= 0.3 is 0 Å². The van der Waals surface area contributed by atoms with Crippen molar-refractivity contribution in [2.24, 2.45) is 5.92 Å². The first kappa shape index (κ1) is 15.7. The predicted octanol–water partition coefficient (Wildman–Crippen LogP) is -1.73. The smallest absolute Gasteiger partial charge is 0.265 e. The van der Waals surface area contributed by atoms with Gasteiger partial charge in [-0.25, -0.2) is 0 Å². The van der Waals surface area contributed by atoms with E-state index in [2.05, 4.69) is 0 Å². The fourth-order valence-corrected chi connectivity index (χ4v) is 3.98. The van der Waals surface area contributed by atoms with E-state index < -0.39 is 53.5 Å². The maximum Gasteiger partial charge on any atom is 0.265 e. The van der Waals surface area contributed by atoms with Crippen molar-refractivity contribution in [3.8, 4) is 0 Å². The summed E-state index contributed by atoms with van der Waals surface area (Å²) in [6, 6.07) is 0. The zero-order valence-corrected chi connectivity index (χ0v) is 10.2. The molecule has 0 spiro atoms. The standard InChI is InChI=1S/C4H10O9S3/c5-14(6,7)1-4(2-15(8,9)10)3-16(11,12)13/h4H,1-3H2,(H,5,6,7)(H,8,9,10)(H,11,12,13). The van der Waals surface area contributed by atoms with Gasteiger partial charge in [0.05, 0.1) is 17.3 Å². The molecule has 0 fully saturated rings. The molecule has 0 saturated heterocycles. The van der Waals surface area contributed by atoms with Gasteiger partial charge in [0.2, 0.25) is 0 Å². The van der Waals surface area contributed by atoms with Gasteiger partial charge in [-0.3, -0.25) is 13.7 Å². The van der Waals surface area contributed by atoms with Gasteiger partial charge in [0.25, 0.3) is 30.4 Å². The maximum absolute atomic E-state index is 10.4. The van der Waals surface area contributed by atoms with Crippen molar-refractivity contribution in [1.29, 1.82) is 0 Å². The van der Waals surface area contributed by atoms with Crippen molar-refractivity contribution in [2.75, 3.05) is 17.3 Å². The Balaban J connectivity index is 4.93. The summed E-state index contributed by atoms with van der Waals surface area (Å²) in [5.74, 6) is -5.26. The summed E-state index contributed by atoms with van der Waals surface area (Å²) < 4.78 is 87.7. The van der Waals surface area contributed by atoms with Crippen molar-refractivity contribution in [1.82, 2.24) is 0 Å². The van der Waals surface area contributed by atoms with E-state index in [1.165, 1.54) is 0 Å². The highest BCUT2D eigenvalue weighted by molar-refractivity contribution is 7.87. The average molecular weight is 298 g/mol. The fourth-order valence-electron chi connectivity index (χ4n) is 1.04. The van der Waals surface area contributed by atoms with Crippen LogP contribution >= 0.6 is 0 Å². The largest absolute Gasteiger partial charge is 0.286 e. The van der Waals surface area contributed by atoms with E-state index in [0.29, 0.717) is 0 Å². The Bertz CT molecular complexity index is 442. The summed E-state index contributed by atoms with van der Waals surface area (Å²) in [6.45, 7) is 0. The normalized spacial score (nSPS) is 14.2. The number of rotatable bonds is 6. The van der Waals surface area contributed by atoms with Crippen LogP contribution in [0.1, 0.15) is 0 Å². The molecule has 0 unspecified atom stereocenters. The fraction of sp³-hybridized carbons (Fsp3) is 1.00. The molecule has 0 amide bonds. The molecule has 0 aromatic heterocycles. The summed E-state index contributed by atoms with van der Waals surface area (Å²) in [5, 5.41) is 0. The molecule has 12 heteroatoms. The van der Waals surface area contributed by atoms with Gasteiger partial charge in [-0.1, -0.05) is 0 Å². The van der Waals surface area contributed by atoms with Crippen molar-refractivity contribution in [2.45, 2.75) is 0 Å². The lowest BCUT2D eigenvalue weighted by atomic mass is 10.3. The molecule has 3 N–H and O–H groups in total. The molecule has 9 nitrogen and oxygen atoms in total. The SMILES string of the molecule is O=S(=O)(O)CC(CS(=O)(=O)O)CS(=O)(=O)O. The van der Waals surface area contributed by atoms with Crippen molar-refractivity contribution >= 4 is 30.4 Å². The lowest BCUT2D eigenvalue weighted by molar-refractivity contribution is 0.453. The minimum atomic E-state index is -4.62. The first-order chi connectivity index (χ1) is 6.79. The van der Waals surface area contributed by atoms with Gasteiger partial charge in [0.15, 0.2) is 0 Å². The van der Waals surface area contributed by atoms with Crippen LogP contribution in [0, 0.1) is 5.92 Å². The summed E-state index contributed by atoms with van der Waals surface area (Å²) in [5.41, 5.74) is 0. The monoisotopic (exact) mass is 298 g/mol. The van der Waals surface area contributed by atoms with Gasteiger partial charge < -0.3 is 0 Å². The molecule has 0 aliphatic rings. The van der Waals surface area contributed by atoms with Crippen LogP contribution in [0.15, 0.2) is 0 Å². The highest BCUT2D eigenvalue weighted by Gasteiger charge is 2.26. The van der Waals surface area contributed by atoms with E-state index in [0.717, 1.165) is 0 Å². The molecule has 16 heavy (non-hydrogen) atoms. The van der Waals surface area contributed by atoms with Crippen LogP contribution in [0.2, 0.25) is 0 Å². The van der Waals surface area contributed by atoms with Gasteiger partial charge in [0.1, 0.15) is 0 Å². The average Bonchev–Trinajstić information content (AvgIpc) is 1.70. The van der Waals surface area contributed by atoms with Crippen LogP contribution < -0.4 is 0 Å². The minimum Gasteiger partial charge on any atom is -0.286 e. The van der Waals surface area contributed by atoms with Gasteiger partial charge in [-0.15, -0.1) is 0 Å². The van der Waals surface area contributed by atoms with E-state index in [9.17, 15) is 25.3 Å². The van der Waals surface area contributed by atoms with Crippen molar-refractivity contribution in [3.63, 3.8) is 0 Å². The Morgan fingerprint density at radius 1 is 0.625 bits per heavy atom. The highest BCUT2D eigenvalue weighted by Crippen LogP contribution is 2.07. The molecule has 0 aliphatic heterocycles. The van der Waals surface area contributed by atoms with E-state index in [1.807, 2.05) is 0 Å². The molecule has 0 saturated carbocycles. The molecule has 0 rings (SSSR count). The first-order valence-electron chi connectivity index (χ1n) is 3.64. The zero-order valence-electron chi connectivity index (χ0n) is 7.71. The molecular formula is C4H10O9S3. The second kappa shape index (κ2) is 4.93. The van der Waals surface area contributed by atoms with Crippen LogP contribution in [0.25, 0.3) is 0 Å². The molecule has 0 aliphatic carbocycles. The third-order valence-corrected chi connectivity index (χ3v) is 4.02. The molecular weight excluding hydrogens is 288 g/mol. The van der Waals surface area contributed by atoms with E-state index in [1.54, 1.807) is 0 Å². The lowest BCUT2D eigenvalue weighted by Crippen LogP contribution is -2.29. The number of hydrogen-bond donors (Lipinski definition) is 3. The molecule has 0 aromatic rings. The third kappa shape index (κ3) is 10.3. The summed E-state index contributed by atoms with van der Waals surface area (Å²) >= 11 is 0. The minimum absolute atomic E-state index is 1.20. The van der Waals surface area contributed by atoms with E-state index >= 15 is 0 Å². The lowest BCUT2D eigenvalue weighted by Gasteiger charge is -2.11. The summed E-state index contributed by atoms with van der Waals surface area (Å²) in [4.78, 5) is 0. The number of hydrogen-bond acceptors (Lipinski definition) is 6. The Kier molecular flexibility index (Phi) is 4.85. The second-order valence-corrected chi connectivity index (χ2v) is 7.60. The quantitative estimate of drug-likeness (QED) is 0.483. The van der Waals surface area contributed by atoms with Gasteiger partial charge in [0, 0.05) is 5.92 Å². The summed E-state index contributed by atoms with van der Waals surface area (Å²) in [6.07, 6.45) is 0. The van der Waals surface area contributed by atoms with Crippen LogP contribution in [-0.4, -0.2) is 56.2 Å². The zero-order chi connectivity index (χ0) is 13.2. The summed E-state index contributed by atoms with van der Waals surface area (Å²) in [7, 11) is -13.9. The Labute approximate surface area is 92.7 Å². The van der Waals surface area contributed by atoms with Crippen molar-refractivity contribution < 1.29 is 38.9 Å². The van der Waals surface area contributed by atoms with Gasteiger partial charge in [-0.2, -0.15) is 25.3 Å². The van der Waals surface area contributed by atoms with E-state index in [4.69, 9.17) is 13.7 Å². The van der Waals surface area contributed by atoms with Crippen molar-refractivity contribution in [3.05, 3.63) is 0 Å². The molecule has 98 valence electrons.